The minimum Gasteiger partial charge on any atom is -0.490 e. The van der Waals surface area contributed by atoms with Gasteiger partial charge in [0, 0.05) is 6.07 Å². The third kappa shape index (κ3) is 3.24. The summed E-state index contributed by atoms with van der Waals surface area (Å²) in [4.78, 5) is 0.0871. The number of rotatable bonds is 4. The van der Waals surface area contributed by atoms with Gasteiger partial charge in [0.2, 0.25) is 10.0 Å². The lowest BCUT2D eigenvalue weighted by Gasteiger charge is -2.29. The Kier molecular flexibility index (Phi) is 4.55. The number of nitrogens with one attached hydrogen (secondary N) is 1. The number of nitrogens with two attached hydrogens (primary N) is 1. The second-order valence-corrected chi connectivity index (χ2v) is 7.18. The molecular weight excluding hydrogens is 276 g/mol. The quantitative estimate of drug-likeness (QED) is 0.834. The van der Waals surface area contributed by atoms with Gasteiger partial charge in [-0.25, -0.2) is 13.1 Å². The number of hydrogen-bond donors (Lipinski definition) is 2. The minimum atomic E-state index is -3.52. The van der Waals surface area contributed by atoms with Gasteiger partial charge in [-0.15, -0.1) is 0 Å². The van der Waals surface area contributed by atoms with Crippen LogP contribution in [0.4, 0.5) is 5.69 Å². The van der Waals surface area contributed by atoms with Crippen LogP contribution in [0.15, 0.2) is 23.1 Å². The second kappa shape index (κ2) is 6.01. The lowest BCUT2D eigenvalue weighted by atomic mass is 9.88. The molecule has 112 valence electrons. The van der Waals surface area contributed by atoms with Crippen molar-refractivity contribution in [3.8, 4) is 5.75 Å². The highest BCUT2D eigenvalue weighted by molar-refractivity contribution is 7.89. The molecule has 1 aromatic carbocycles. The average Bonchev–Trinajstić information content (AvgIpc) is 2.41. The molecule has 0 aromatic heterocycles. The van der Waals surface area contributed by atoms with Gasteiger partial charge in [-0.2, -0.15) is 0 Å². The van der Waals surface area contributed by atoms with Crippen LogP contribution in [0.25, 0.3) is 0 Å². The summed E-state index contributed by atoms with van der Waals surface area (Å²) in [5.41, 5.74) is 6.03. The maximum atomic E-state index is 11.7. The van der Waals surface area contributed by atoms with Crippen LogP contribution in [0.3, 0.4) is 0 Å². The van der Waals surface area contributed by atoms with Gasteiger partial charge < -0.3 is 10.5 Å². The van der Waals surface area contributed by atoms with Gasteiger partial charge in [-0.1, -0.05) is 13.3 Å². The van der Waals surface area contributed by atoms with Gasteiger partial charge in [0.1, 0.15) is 16.7 Å². The van der Waals surface area contributed by atoms with E-state index in [1.165, 1.54) is 32.4 Å². The highest BCUT2D eigenvalue weighted by Crippen LogP contribution is 2.30. The standard InChI is InChI=1S/C14H22N2O3S/c1-10-5-3-4-6-13(10)19-11-7-8-14(12(15)9-11)20(17,18)16-2/h7-10,13,16H,3-6,15H2,1-2H3. The molecule has 3 N–H and O–H groups in total. The Balaban J connectivity index is 2.17. The third-order valence-electron chi connectivity index (χ3n) is 3.86. The Labute approximate surface area is 120 Å². The van der Waals surface area contributed by atoms with Gasteiger partial charge in [-0.3, -0.25) is 0 Å². The van der Waals surface area contributed by atoms with Gasteiger partial charge in [0.15, 0.2) is 0 Å². The number of anilines is 1. The van der Waals surface area contributed by atoms with Crippen molar-refractivity contribution in [2.45, 2.75) is 43.6 Å². The molecule has 1 fully saturated rings. The molecule has 2 rings (SSSR count). The monoisotopic (exact) mass is 298 g/mol. The summed E-state index contributed by atoms with van der Waals surface area (Å²) in [6, 6.07) is 4.75. The van der Waals surface area contributed by atoms with E-state index in [2.05, 4.69) is 11.6 Å². The van der Waals surface area contributed by atoms with Crippen molar-refractivity contribution in [2.75, 3.05) is 12.8 Å². The van der Waals surface area contributed by atoms with E-state index in [1.807, 2.05) is 0 Å². The highest BCUT2D eigenvalue weighted by Gasteiger charge is 2.23. The maximum absolute atomic E-state index is 11.7. The molecular formula is C14H22N2O3S. The molecule has 0 radical (unpaired) electrons. The minimum absolute atomic E-state index is 0.0871. The molecule has 2 atom stereocenters. The number of hydrogen-bond acceptors (Lipinski definition) is 4. The maximum Gasteiger partial charge on any atom is 0.242 e. The first-order chi connectivity index (χ1) is 9.44. The summed E-state index contributed by atoms with van der Waals surface area (Å²) in [6.45, 7) is 2.19. The zero-order valence-electron chi connectivity index (χ0n) is 11.9. The number of ether oxygens (including phenoxy) is 1. The topological polar surface area (TPSA) is 81.4 Å². The van der Waals surface area contributed by atoms with E-state index < -0.39 is 10.0 Å². The largest absolute Gasteiger partial charge is 0.490 e. The zero-order valence-corrected chi connectivity index (χ0v) is 12.7. The fraction of sp³-hybridized carbons (Fsp3) is 0.571. The zero-order chi connectivity index (χ0) is 14.8. The fourth-order valence-corrected chi connectivity index (χ4v) is 3.42. The third-order valence-corrected chi connectivity index (χ3v) is 5.35. The SMILES string of the molecule is CNS(=O)(=O)c1ccc(OC2CCCCC2C)cc1N. The van der Waals surface area contributed by atoms with Crippen molar-refractivity contribution in [3.63, 3.8) is 0 Å². The lowest BCUT2D eigenvalue weighted by molar-refractivity contribution is 0.102. The molecule has 1 aromatic rings. The first-order valence-corrected chi connectivity index (χ1v) is 8.42. The smallest absolute Gasteiger partial charge is 0.242 e. The second-order valence-electron chi connectivity index (χ2n) is 5.33. The molecule has 1 aliphatic rings. The molecule has 0 heterocycles. The van der Waals surface area contributed by atoms with E-state index in [0.717, 1.165) is 6.42 Å². The van der Waals surface area contributed by atoms with E-state index >= 15 is 0 Å². The Morgan fingerprint density at radius 2 is 2.00 bits per heavy atom. The predicted molar refractivity (Wildman–Crippen MR) is 79.1 cm³/mol. The summed E-state index contributed by atoms with van der Waals surface area (Å²) in [6.07, 6.45) is 4.83. The molecule has 20 heavy (non-hydrogen) atoms. The van der Waals surface area contributed by atoms with Crippen LogP contribution >= 0.6 is 0 Å². The van der Waals surface area contributed by atoms with E-state index in [0.29, 0.717) is 11.7 Å². The lowest BCUT2D eigenvalue weighted by Crippen LogP contribution is -2.28. The normalized spacial score (nSPS) is 23.5. The van der Waals surface area contributed by atoms with Crippen molar-refractivity contribution in [2.24, 2.45) is 5.92 Å². The summed E-state index contributed by atoms with van der Waals surface area (Å²) in [5.74, 6) is 1.15. The van der Waals surface area contributed by atoms with E-state index in [1.54, 1.807) is 12.1 Å². The van der Waals surface area contributed by atoms with Crippen LogP contribution in [-0.2, 0) is 10.0 Å². The van der Waals surface area contributed by atoms with Gasteiger partial charge >= 0.3 is 0 Å². The van der Waals surface area contributed by atoms with Gasteiger partial charge in [0.25, 0.3) is 0 Å². The van der Waals surface area contributed by atoms with Crippen molar-refractivity contribution in [3.05, 3.63) is 18.2 Å². The molecule has 0 aliphatic heterocycles. The summed E-state index contributed by atoms with van der Waals surface area (Å²) in [7, 11) is -2.16. The van der Waals surface area contributed by atoms with Crippen LogP contribution in [0.2, 0.25) is 0 Å². The highest BCUT2D eigenvalue weighted by atomic mass is 32.2. The molecule has 0 saturated heterocycles. The van der Waals surface area contributed by atoms with Crippen LogP contribution in [0, 0.1) is 5.92 Å². The molecule has 2 unspecified atom stereocenters. The van der Waals surface area contributed by atoms with E-state index in [9.17, 15) is 8.42 Å². The van der Waals surface area contributed by atoms with Crippen molar-refractivity contribution < 1.29 is 13.2 Å². The van der Waals surface area contributed by atoms with Crippen molar-refractivity contribution >= 4 is 15.7 Å². The number of benzene rings is 1. The molecule has 1 saturated carbocycles. The molecule has 0 spiro atoms. The number of nitrogen functional groups attached to an aromatic ring is 1. The van der Waals surface area contributed by atoms with Crippen molar-refractivity contribution in [1.82, 2.24) is 4.72 Å². The van der Waals surface area contributed by atoms with Crippen LogP contribution < -0.4 is 15.2 Å². The average molecular weight is 298 g/mol. The predicted octanol–water partition coefficient (Wildman–Crippen LogP) is 2.13. The molecule has 0 amide bonds. The van der Waals surface area contributed by atoms with E-state index in [4.69, 9.17) is 10.5 Å². The molecule has 5 nitrogen and oxygen atoms in total. The fourth-order valence-electron chi connectivity index (χ4n) is 2.59. The molecule has 1 aliphatic carbocycles. The Bertz CT molecular complexity index is 572. The summed E-state index contributed by atoms with van der Waals surface area (Å²) < 4.78 is 31.7. The number of sulfonamides is 1. The van der Waals surface area contributed by atoms with Crippen molar-refractivity contribution in [1.29, 1.82) is 0 Å². The van der Waals surface area contributed by atoms with Crippen LogP contribution in [0.5, 0.6) is 5.75 Å². The van der Waals surface area contributed by atoms with E-state index in [-0.39, 0.29) is 16.7 Å². The first kappa shape index (κ1) is 15.1. The summed E-state index contributed by atoms with van der Waals surface area (Å²) >= 11 is 0. The van der Waals surface area contributed by atoms with Gasteiger partial charge in [-0.05, 0) is 44.4 Å². The van der Waals surface area contributed by atoms with Crippen LogP contribution in [0.1, 0.15) is 32.6 Å². The Morgan fingerprint density at radius 1 is 1.30 bits per heavy atom. The Hall–Kier alpha value is -1.27. The Morgan fingerprint density at radius 3 is 2.60 bits per heavy atom. The first-order valence-electron chi connectivity index (χ1n) is 6.94. The van der Waals surface area contributed by atoms with Gasteiger partial charge in [0.05, 0.1) is 5.69 Å². The summed E-state index contributed by atoms with van der Waals surface area (Å²) in [5, 5.41) is 0. The van der Waals surface area contributed by atoms with Crippen LogP contribution in [-0.4, -0.2) is 21.6 Å². The molecule has 0 bridgehead atoms. The molecule has 6 heteroatoms.